The third-order valence-electron chi connectivity index (χ3n) is 3.31. The number of nitrogens with zero attached hydrogens (tertiary/aromatic N) is 1. The van der Waals surface area contributed by atoms with Gasteiger partial charge in [-0.1, -0.05) is 18.2 Å². The number of rotatable bonds is 5. The van der Waals surface area contributed by atoms with Crippen LogP contribution < -0.4 is 10.1 Å². The molecular weight excluding hydrogens is 236 g/mol. The number of aromatic nitrogens is 1. The first-order valence-electron chi connectivity index (χ1n) is 6.51. The molecule has 0 aliphatic heterocycles. The van der Waals surface area contributed by atoms with Crippen molar-refractivity contribution in [1.29, 1.82) is 0 Å². The zero-order valence-corrected chi connectivity index (χ0v) is 11.6. The molecule has 0 spiro atoms. The van der Waals surface area contributed by atoms with E-state index < -0.39 is 0 Å². The number of hydrogen-bond donors (Lipinski definition) is 1. The molecule has 1 heterocycles. The molecule has 0 radical (unpaired) electrons. The summed E-state index contributed by atoms with van der Waals surface area (Å²) in [4.78, 5) is 4.04. The summed E-state index contributed by atoms with van der Waals surface area (Å²) in [5, 5.41) is 3.58. The average Bonchev–Trinajstić information content (AvgIpc) is 2.48. The van der Waals surface area contributed by atoms with E-state index in [0.717, 1.165) is 5.75 Å². The molecule has 2 rings (SSSR count). The minimum Gasteiger partial charge on any atom is -0.496 e. The van der Waals surface area contributed by atoms with Crippen LogP contribution in [0.25, 0.3) is 0 Å². The van der Waals surface area contributed by atoms with E-state index >= 15 is 0 Å². The molecule has 1 aromatic heterocycles. The summed E-state index contributed by atoms with van der Waals surface area (Å²) >= 11 is 0. The molecule has 2 atom stereocenters. The van der Waals surface area contributed by atoms with Crippen molar-refractivity contribution in [1.82, 2.24) is 10.3 Å². The number of pyridine rings is 1. The lowest BCUT2D eigenvalue weighted by atomic mass is 10.0. The van der Waals surface area contributed by atoms with Gasteiger partial charge in [0.1, 0.15) is 5.75 Å². The quantitative estimate of drug-likeness (QED) is 0.889. The van der Waals surface area contributed by atoms with Gasteiger partial charge in [-0.3, -0.25) is 4.98 Å². The Labute approximate surface area is 114 Å². The van der Waals surface area contributed by atoms with E-state index in [-0.39, 0.29) is 12.1 Å². The number of para-hydroxylation sites is 1. The van der Waals surface area contributed by atoms with Gasteiger partial charge in [-0.15, -0.1) is 0 Å². The SMILES string of the molecule is COc1ccccc1C(C)N[C@@H](C)c1ccncc1. The van der Waals surface area contributed by atoms with Crippen molar-refractivity contribution in [3.05, 3.63) is 59.9 Å². The van der Waals surface area contributed by atoms with Crippen molar-refractivity contribution in [3.63, 3.8) is 0 Å². The fraction of sp³-hybridized carbons (Fsp3) is 0.312. The Morgan fingerprint density at radius 1 is 1.00 bits per heavy atom. The number of nitrogens with one attached hydrogen (secondary N) is 1. The standard InChI is InChI=1S/C16H20N2O/c1-12(14-8-10-17-11-9-14)18-13(2)15-6-4-5-7-16(15)19-3/h4-13,18H,1-3H3/t12-,13?/m0/s1. The third-order valence-corrected chi connectivity index (χ3v) is 3.31. The van der Waals surface area contributed by atoms with Gasteiger partial charge in [-0.05, 0) is 37.6 Å². The molecule has 0 fully saturated rings. The maximum atomic E-state index is 5.40. The second-order valence-corrected chi connectivity index (χ2v) is 4.63. The van der Waals surface area contributed by atoms with Crippen LogP contribution in [0.2, 0.25) is 0 Å². The average molecular weight is 256 g/mol. The highest BCUT2D eigenvalue weighted by atomic mass is 16.5. The third kappa shape index (κ3) is 3.32. The highest BCUT2D eigenvalue weighted by molar-refractivity contribution is 5.35. The maximum absolute atomic E-state index is 5.40. The second kappa shape index (κ2) is 6.34. The summed E-state index contributed by atoms with van der Waals surface area (Å²) in [6.07, 6.45) is 3.64. The zero-order valence-electron chi connectivity index (χ0n) is 11.6. The molecule has 1 unspecified atom stereocenters. The smallest absolute Gasteiger partial charge is 0.123 e. The van der Waals surface area contributed by atoms with Gasteiger partial charge in [0, 0.05) is 30.0 Å². The molecule has 19 heavy (non-hydrogen) atoms. The van der Waals surface area contributed by atoms with E-state index in [0.29, 0.717) is 0 Å². The van der Waals surface area contributed by atoms with Crippen LogP contribution in [0.3, 0.4) is 0 Å². The monoisotopic (exact) mass is 256 g/mol. The van der Waals surface area contributed by atoms with Crippen molar-refractivity contribution >= 4 is 0 Å². The van der Waals surface area contributed by atoms with Gasteiger partial charge in [0.05, 0.1) is 7.11 Å². The van der Waals surface area contributed by atoms with Crippen molar-refractivity contribution in [2.75, 3.05) is 7.11 Å². The van der Waals surface area contributed by atoms with E-state index in [1.807, 2.05) is 42.7 Å². The molecule has 0 aliphatic rings. The van der Waals surface area contributed by atoms with Crippen LogP contribution in [0.1, 0.15) is 37.1 Å². The second-order valence-electron chi connectivity index (χ2n) is 4.63. The largest absolute Gasteiger partial charge is 0.496 e. The summed E-state index contributed by atoms with van der Waals surface area (Å²) < 4.78 is 5.40. The molecule has 1 aromatic carbocycles. The van der Waals surface area contributed by atoms with Crippen LogP contribution in [0.5, 0.6) is 5.75 Å². The molecule has 0 bridgehead atoms. The molecule has 100 valence electrons. The lowest BCUT2D eigenvalue weighted by molar-refractivity contribution is 0.396. The number of benzene rings is 1. The van der Waals surface area contributed by atoms with Crippen molar-refractivity contribution in [2.45, 2.75) is 25.9 Å². The Morgan fingerprint density at radius 3 is 2.37 bits per heavy atom. The molecule has 0 aliphatic carbocycles. The van der Waals surface area contributed by atoms with Gasteiger partial charge in [0.25, 0.3) is 0 Å². The van der Waals surface area contributed by atoms with Crippen LogP contribution in [0.15, 0.2) is 48.8 Å². The normalized spacial score (nSPS) is 13.8. The summed E-state index contributed by atoms with van der Waals surface area (Å²) in [5.41, 5.74) is 2.41. The summed E-state index contributed by atoms with van der Waals surface area (Å²) in [6.45, 7) is 4.30. The van der Waals surface area contributed by atoms with E-state index in [1.165, 1.54) is 11.1 Å². The first kappa shape index (κ1) is 13.6. The summed E-state index contributed by atoms with van der Waals surface area (Å²) in [7, 11) is 1.71. The first-order valence-corrected chi connectivity index (χ1v) is 6.51. The molecule has 0 amide bonds. The fourth-order valence-electron chi connectivity index (χ4n) is 2.24. The molecular formula is C16H20N2O. The van der Waals surface area contributed by atoms with Crippen LogP contribution in [0, 0.1) is 0 Å². The van der Waals surface area contributed by atoms with Crippen LogP contribution >= 0.6 is 0 Å². The van der Waals surface area contributed by atoms with Gasteiger partial charge in [0.15, 0.2) is 0 Å². The molecule has 2 aromatic rings. The Kier molecular flexibility index (Phi) is 4.53. The summed E-state index contributed by atoms with van der Waals surface area (Å²) in [6, 6.07) is 12.7. The Bertz CT molecular complexity index is 513. The van der Waals surface area contributed by atoms with E-state index in [4.69, 9.17) is 4.74 Å². The van der Waals surface area contributed by atoms with Gasteiger partial charge < -0.3 is 10.1 Å². The van der Waals surface area contributed by atoms with Crippen molar-refractivity contribution in [3.8, 4) is 5.75 Å². The Balaban J connectivity index is 2.11. The van der Waals surface area contributed by atoms with E-state index in [9.17, 15) is 0 Å². The number of methoxy groups -OCH3 is 1. The molecule has 0 saturated heterocycles. The molecule has 3 heteroatoms. The van der Waals surface area contributed by atoms with E-state index in [1.54, 1.807) is 7.11 Å². The Morgan fingerprint density at radius 2 is 1.68 bits per heavy atom. The Hall–Kier alpha value is -1.87. The van der Waals surface area contributed by atoms with Gasteiger partial charge in [-0.2, -0.15) is 0 Å². The van der Waals surface area contributed by atoms with Crippen molar-refractivity contribution in [2.24, 2.45) is 0 Å². The predicted molar refractivity (Wildman–Crippen MR) is 77.2 cm³/mol. The lowest BCUT2D eigenvalue weighted by Crippen LogP contribution is -2.22. The lowest BCUT2D eigenvalue weighted by Gasteiger charge is -2.22. The molecule has 1 N–H and O–H groups in total. The fourth-order valence-corrected chi connectivity index (χ4v) is 2.24. The highest BCUT2D eigenvalue weighted by Gasteiger charge is 2.14. The minimum absolute atomic E-state index is 0.222. The van der Waals surface area contributed by atoms with E-state index in [2.05, 4.69) is 30.2 Å². The van der Waals surface area contributed by atoms with Crippen molar-refractivity contribution < 1.29 is 4.74 Å². The molecule has 0 saturated carbocycles. The highest BCUT2D eigenvalue weighted by Crippen LogP contribution is 2.26. The number of hydrogen-bond acceptors (Lipinski definition) is 3. The summed E-state index contributed by atoms with van der Waals surface area (Å²) in [5.74, 6) is 0.921. The topological polar surface area (TPSA) is 34.1 Å². The predicted octanol–water partition coefficient (Wildman–Crippen LogP) is 3.50. The molecule has 3 nitrogen and oxygen atoms in total. The van der Waals surface area contributed by atoms with Crippen LogP contribution in [0.4, 0.5) is 0 Å². The van der Waals surface area contributed by atoms with Gasteiger partial charge >= 0.3 is 0 Å². The van der Waals surface area contributed by atoms with Gasteiger partial charge in [0.2, 0.25) is 0 Å². The van der Waals surface area contributed by atoms with Gasteiger partial charge in [-0.25, -0.2) is 0 Å². The maximum Gasteiger partial charge on any atom is 0.123 e. The first-order chi connectivity index (χ1) is 9.22. The number of ether oxygens (including phenoxy) is 1. The van der Waals surface area contributed by atoms with Crippen LogP contribution in [-0.2, 0) is 0 Å². The zero-order chi connectivity index (χ0) is 13.7. The minimum atomic E-state index is 0.222. The van der Waals surface area contributed by atoms with Crippen LogP contribution in [-0.4, -0.2) is 12.1 Å².